The van der Waals surface area contributed by atoms with Crippen molar-refractivity contribution < 1.29 is 14.3 Å². The normalized spacial score (nSPS) is 10.8. The molecular formula is C26H27N3O3. The number of hydrogen-bond donors (Lipinski definition) is 1. The summed E-state index contributed by atoms with van der Waals surface area (Å²) in [5.41, 5.74) is 4.81. The van der Waals surface area contributed by atoms with Gasteiger partial charge in [0.05, 0.1) is 31.2 Å². The van der Waals surface area contributed by atoms with Crippen molar-refractivity contribution in [2.45, 2.75) is 26.9 Å². The van der Waals surface area contributed by atoms with E-state index >= 15 is 0 Å². The Hall–Kier alpha value is -3.80. The minimum Gasteiger partial charge on any atom is -0.497 e. The zero-order valence-corrected chi connectivity index (χ0v) is 18.6. The Balaban J connectivity index is 1.49. The molecule has 0 spiro atoms. The van der Waals surface area contributed by atoms with Crippen LogP contribution in [0.2, 0.25) is 0 Å². The van der Waals surface area contributed by atoms with Crippen molar-refractivity contribution in [2.75, 3.05) is 13.7 Å². The number of amides is 1. The molecule has 0 fully saturated rings. The molecule has 0 saturated heterocycles. The van der Waals surface area contributed by atoms with E-state index in [-0.39, 0.29) is 5.91 Å². The summed E-state index contributed by atoms with van der Waals surface area (Å²) in [6.07, 6.45) is 0. The summed E-state index contributed by atoms with van der Waals surface area (Å²) in [6, 6.07) is 21.1. The lowest BCUT2D eigenvalue weighted by atomic mass is 10.1. The van der Waals surface area contributed by atoms with Crippen molar-refractivity contribution in [3.8, 4) is 11.5 Å². The van der Waals surface area contributed by atoms with E-state index in [4.69, 9.17) is 14.5 Å². The third kappa shape index (κ3) is 4.59. The van der Waals surface area contributed by atoms with Crippen LogP contribution in [0.15, 0.2) is 66.7 Å². The predicted molar refractivity (Wildman–Crippen MR) is 125 cm³/mol. The third-order valence-electron chi connectivity index (χ3n) is 5.60. The molecule has 6 nitrogen and oxygen atoms in total. The van der Waals surface area contributed by atoms with E-state index in [1.807, 2.05) is 42.5 Å². The number of carbonyl (C=O) groups excluding carboxylic acids is 1. The molecule has 1 aromatic heterocycles. The largest absolute Gasteiger partial charge is 0.497 e. The molecule has 1 amide bonds. The van der Waals surface area contributed by atoms with Gasteiger partial charge in [-0.3, -0.25) is 4.79 Å². The molecule has 0 bridgehead atoms. The molecule has 0 aliphatic heterocycles. The lowest BCUT2D eigenvalue weighted by molar-refractivity contribution is 0.0949. The maximum Gasteiger partial charge on any atom is 0.251 e. The van der Waals surface area contributed by atoms with Gasteiger partial charge in [0.2, 0.25) is 0 Å². The van der Waals surface area contributed by atoms with Gasteiger partial charge in [-0.05, 0) is 61.4 Å². The number of benzene rings is 3. The van der Waals surface area contributed by atoms with Crippen LogP contribution in [0.25, 0.3) is 11.0 Å². The number of nitrogens with one attached hydrogen (secondary N) is 1. The van der Waals surface area contributed by atoms with Crippen LogP contribution in [0, 0.1) is 13.8 Å². The zero-order chi connectivity index (χ0) is 22.5. The molecule has 0 radical (unpaired) electrons. The number of nitrogens with zero attached hydrogens (tertiary/aromatic N) is 2. The number of carbonyl (C=O) groups is 1. The average Bonchev–Trinajstić information content (AvgIpc) is 3.17. The van der Waals surface area contributed by atoms with Gasteiger partial charge in [-0.1, -0.05) is 30.3 Å². The number of aryl methyl sites for hydroxylation is 1. The Labute approximate surface area is 187 Å². The molecule has 1 heterocycles. The molecule has 3 aromatic carbocycles. The van der Waals surface area contributed by atoms with E-state index in [1.165, 1.54) is 5.56 Å². The summed E-state index contributed by atoms with van der Waals surface area (Å²) in [5.74, 6) is 2.15. The van der Waals surface area contributed by atoms with Crippen LogP contribution in [-0.4, -0.2) is 29.2 Å². The van der Waals surface area contributed by atoms with Gasteiger partial charge in [0.15, 0.2) is 0 Å². The SMILES string of the molecule is COc1cccc(C(=O)NCc2nc3ccccc3n2CCOc2cccc(C)c2C)c1. The highest BCUT2D eigenvalue weighted by atomic mass is 16.5. The Morgan fingerprint density at radius 3 is 2.69 bits per heavy atom. The topological polar surface area (TPSA) is 65.4 Å². The van der Waals surface area contributed by atoms with Crippen molar-refractivity contribution in [2.24, 2.45) is 0 Å². The van der Waals surface area contributed by atoms with E-state index in [9.17, 15) is 4.79 Å². The number of imidazole rings is 1. The number of para-hydroxylation sites is 2. The second-order valence-electron chi connectivity index (χ2n) is 7.63. The van der Waals surface area contributed by atoms with E-state index < -0.39 is 0 Å². The first kappa shape index (κ1) is 21.4. The fraction of sp³-hybridized carbons (Fsp3) is 0.231. The Kier molecular flexibility index (Phi) is 6.40. The van der Waals surface area contributed by atoms with Crippen LogP contribution in [0.3, 0.4) is 0 Å². The first-order valence-corrected chi connectivity index (χ1v) is 10.6. The lowest BCUT2D eigenvalue weighted by Gasteiger charge is -2.13. The van der Waals surface area contributed by atoms with Crippen molar-refractivity contribution >= 4 is 16.9 Å². The monoisotopic (exact) mass is 429 g/mol. The first-order valence-electron chi connectivity index (χ1n) is 10.6. The Morgan fingerprint density at radius 2 is 1.84 bits per heavy atom. The van der Waals surface area contributed by atoms with Gasteiger partial charge in [-0.2, -0.15) is 0 Å². The third-order valence-corrected chi connectivity index (χ3v) is 5.60. The van der Waals surface area contributed by atoms with E-state index in [2.05, 4.69) is 29.8 Å². The second kappa shape index (κ2) is 9.56. The highest BCUT2D eigenvalue weighted by Gasteiger charge is 2.13. The molecule has 164 valence electrons. The highest BCUT2D eigenvalue weighted by Crippen LogP contribution is 2.21. The van der Waals surface area contributed by atoms with E-state index in [0.717, 1.165) is 28.2 Å². The van der Waals surface area contributed by atoms with Gasteiger partial charge in [0.1, 0.15) is 23.9 Å². The van der Waals surface area contributed by atoms with Crippen molar-refractivity contribution in [3.63, 3.8) is 0 Å². The van der Waals surface area contributed by atoms with Crippen LogP contribution >= 0.6 is 0 Å². The van der Waals surface area contributed by atoms with Gasteiger partial charge in [-0.25, -0.2) is 4.98 Å². The summed E-state index contributed by atoms with van der Waals surface area (Å²) in [6.45, 7) is 5.58. The van der Waals surface area contributed by atoms with Gasteiger partial charge in [-0.15, -0.1) is 0 Å². The number of fused-ring (bicyclic) bond motifs is 1. The molecular weight excluding hydrogens is 402 g/mol. The zero-order valence-electron chi connectivity index (χ0n) is 18.6. The molecule has 1 N–H and O–H groups in total. The van der Waals surface area contributed by atoms with Gasteiger partial charge >= 0.3 is 0 Å². The molecule has 6 heteroatoms. The summed E-state index contributed by atoms with van der Waals surface area (Å²) in [4.78, 5) is 17.4. The maximum atomic E-state index is 12.7. The smallest absolute Gasteiger partial charge is 0.251 e. The number of aromatic nitrogens is 2. The molecule has 32 heavy (non-hydrogen) atoms. The van der Waals surface area contributed by atoms with E-state index in [1.54, 1.807) is 25.3 Å². The molecule has 4 rings (SSSR count). The lowest BCUT2D eigenvalue weighted by Crippen LogP contribution is -2.25. The maximum absolute atomic E-state index is 12.7. The van der Waals surface area contributed by atoms with Crippen LogP contribution in [0.4, 0.5) is 0 Å². The highest BCUT2D eigenvalue weighted by molar-refractivity contribution is 5.94. The quantitative estimate of drug-likeness (QED) is 0.442. The van der Waals surface area contributed by atoms with Crippen molar-refractivity contribution in [1.29, 1.82) is 0 Å². The average molecular weight is 430 g/mol. The van der Waals surface area contributed by atoms with Crippen LogP contribution in [0.1, 0.15) is 27.3 Å². The minimum absolute atomic E-state index is 0.172. The van der Waals surface area contributed by atoms with Gasteiger partial charge in [0, 0.05) is 5.56 Å². The number of ether oxygens (including phenoxy) is 2. The molecule has 4 aromatic rings. The van der Waals surface area contributed by atoms with Crippen molar-refractivity contribution in [1.82, 2.24) is 14.9 Å². The van der Waals surface area contributed by atoms with Gasteiger partial charge < -0.3 is 19.4 Å². The number of rotatable bonds is 8. The fourth-order valence-electron chi connectivity index (χ4n) is 3.66. The van der Waals surface area contributed by atoms with Gasteiger partial charge in [0.25, 0.3) is 5.91 Å². The molecule has 0 aliphatic rings. The molecule has 0 aliphatic carbocycles. The molecule has 0 atom stereocenters. The summed E-state index contributed by atoms with van der Waals surface area (Å²) in [7, 11) is 1.58. The summed E-state index contributed by atoms with van der Waals surface area (Å²) in [5, 5.41) is 2.97. The molecule has 0 unspecified atom stereocenters. The first-order chi connectivity index (χ1) is 15.6. The fourth-order valence-corrected chi connectivity index (χ4v) is 3.66. The van der Waals surface area contributed by atoms with Crippen LogP contribution in [0.5, 0.6) is 11.5 Å². The number of hydrogen-bond acceptors (Lipinski definition) is 4. The summed E-state index contributed by atoms with van der Waals surface area (Å²) < 4.78 is 13.4. The van der Waals surface area contributed by atoms with E-state index in [0.29, 0.717) is 31.0 Å². The predicted octanol–water partition coefficient (Wildman–Crippen LogP) is 4.67. The Morgan fingerprint density at radius 1 is 1.03 bits per heavy atom. The summed E-state index contributed by atoms with van der Waals surface area (Å²) >= 11 is 0. The van der Waals surface area contributed by atoms with Crippen LogP contribution < -0.4 is 14.8 Å². The Bertz CT molecular complexity index is 1250. The van der Waals surface area contributed by atoms with Crippen LogP contribution in [-0.2, 0) is 13.1 Å². The second-order valence-corrected chi connectivity index (χ2v) is 7.63. The number of methoxy groups -OCH3 is 1. The minimum atomic E-state index is -0.172. The molecule has 0 saturated carbocycles. The van der Waals surface area contributed by atoms with Crippen molar-refractivity contribution in [3.05, 3.63) is 89.2 Å². The standard InChI is InChI=1S/C26H27N3O3/c1-18-8-6-13-24(19(18)2)32-15-14-29-23-12-5-4-11-22(23)28-25(29)17-27-26(30)20-9-7-10-21(16-20)31-3/h4-13,16H,14-15,17H2,1-3H3,(H,27,30).